The van der Waals surface area contributed by atoms with Gasteiger partial charge >= 0.3 is 0 Å². The van der Waals surface area contributed by atoms with Gasteiger partial charge in [-0.05, 0) is 17.7 Å². The Balaban J connectivity index is 1.85. The van der Waals surface area contributed by atoms with Crippen molar-refractivity contribution in [2.45, 2.75) is 25.0 Å². The van der Waals surface area contributed by atoms with Crippen molar-refractivity contribution in [1.29, 1.82) is 0 Å². The lowest BCUT2D eigenvalue weighted by Crippen LogP contribution is -2.44. The molecule has 0 bridgehead atoms. The Morgan fingerprint density at radius 1 is 1.37 bits per heavy atom. The van der Waals surface area contributed by atoms with Crippen LogP contribution in [0.4, 0.5) is 0 Å². The normalized spacial score (nSPS) is 18.2. The summed E-state index contributed by atoms with van der Waals surface area (Å²) in [6.07, 6.45) is 1.33. The molecule has 106 valence electrons. The molecule has 5 nitrogen and oxygen atoms in total. The third-order valence-corrected chi connectivity index (χ3v) is 3.45. The van der Waals surface area contributed by atoms with E-state index in [1.165, 1.54) is 7.11 Å². The fourth-order valence-corrected chi connectivity index (χ4v) is 2.20. The van der Waals surface area contributed by atoms with Gasteiger partial charge in [0.05, 0.1) is 12.7 Å². The fraction of sp³-hybridized carbons (Fsp3) is 0.571. The van der Waals surface area contributed by atoms with Gasteiger partial charge in [0.25, 0.3) is 0 Å². The average molecular weight is 267 g/mol. The highest BCUT2D eigenvalue weighted by Crippen LogP contribution is 2.26. The zero-order valence-electron chi connectivity index (χ0n) is 11.2. The number of nitrogens with one attached hydrogen (secondary N) is 1. The summed E-state index contributed by atoms with van der Waals surface area (Å²) < 4.78 is 10.3. The largest absolute Gasteiger partial charge is 0.504 e. The Labute approximate surface area is 113 Å². The Kier molecular flexibility index (Phi) is 4.63. The first-order valence-corrected chi connectivity index (χ1v) is 6.50. The van der Waals surface area contributed by atoms with Crippen LogP contribution >= 0.6 is 0 Å². The lowest BCUT2D eigenvalue weighted by Gasteiger charge is -2.32. The number of aromatic hydroxyl groups is 1. The predicted octanol–water partition coefficient (Wildman–Crippen LogP) is 1.03. The molecule has 0 unspecified atom stereocenters. The molecule has 0 atom stereocenters. The van der Waals surface area contributed by atoms with E-state index in [4.69, 9.17) is 9.47 Å². The van der Waals surface area contributed by atoms with Crippen molar-refractivity contribution in [3.05, 3.63) is 23.8 Å². The van der Waals surface area contributed by atoms with Gasteiger partial charge in [-0.25, -0.2) is 0 Å². The van der Waals surface area contributed by atoms with Gasteiger partial charge in [0, 0.05) is 39.1 Å². The van der Waals surface area contributed by atoms with Gasteiger partial charge in [0.1, 0.15) is 0 Å². The van der Waals surface area contributed by atoms with Gasteiger partial charge in [0.2, 0.25) is 0 Å². The van der Waals surface area contributed by atoms with Crippen molar-refractivity contribution >= 4 is 0 Å². The molecule has 0 aliphatic carbocycles. The van der Waals surface area contributed by atoms with E-state index in [-0.39, 0.29) is 5.75 Å². The number of benzene rings is 1. The molecule has 1 aromatic carbocycles. The number of methoxy groups -OCH3 is 1. The van der Waals surface area contributed by atoms with Gasteiger partial charge in [-0.15, -0.1) is 0 Å². The van der Waals surface area contributed by atoms with E-state index in [0.29, 0.717) is 44.9 Å². The van der Waals surface area contributed by atoms with Crippen molar-refractivity contribution in [3.8, 4) is 11.5 Å². The molecule has 1 aromatic rings. The van der Waals surface area contributed by atoms with E-state index in [1.807, 2.05) is 6.07 Å². The number of phenols is 1. The molecule has 0 spiro atoms. The Morgan fingerprint density at radius 2 is 2.11 bits per heavy atom. The zero-order valence-corrected chi connectivity index (χ0v) is 11.2. The van der Waals surface area contributed by atoms with E-state index >= 15 is 0 Å². The number of hydrogen-bond donors (Lipinski definition) is 3. The minimum Gasteiger partial charge on any atom is -0.504 e. The van der Waals surface area contributed by atoms with Crippen LogP contribution < -0.4 is 10.1 Å². The maximum Gasteiger partial charge on any atom is 0.160 e. The van der Waals surface area contributed by atoms with E-state index in [2.05, 4.69) is 5.32 Å². The molecule has 5 heteroatoms. The monoisotopic (exact) mass is 267 g/mol. The third kappa shape index (κ3) is 3.83. The molecule has 2 rings (SSSR count). The summed E-state index contributed by atoms with van der Waals surface area (Å²) in [6, 6.07) is 5.23. The average Bonchev–Trinajstić information content (AvgIpc) is 2.41. The number of phenolic OH excluding ortho intramolecular Hbond substituents is 1. The summed E-state index contributed by atoms with van der Waals surface area (Å²) >= 11 is 0. The smallest absolute Gasteiger partial charge is 0.160 e. The number of ether oxygens (including phenoxy) is 2. The molecule has 1 heterocycles. The highest BCUT2D eigenvalue weighted by Gasteiger charge is 2.29. The van der Waals surface area contributed by atoms with Gasteiger partial charge in [0.15, 0.2) is 11.5 Å². The predicted molar refractivity (Wildman–Crippen MR) is 71.4 cm³/mol. The molecule has 0 radical (unpaired) electrons. The minimum absolute atomic E-state index is 0.134. The van der Waals surface area contributed by atoms with Gasteiger partial charge in [-0.2, -0.15) is 0 Å². The molecular weight excluding hydrogens is 246 g/mol. The maximum atomic E-state index is 10.3. The molecule has 1 aliphatic heterocycles. The van der Waals surface area contributed by atoms with Crippen LogP contribution in [-0.4, -0.2) is 42.7 Å². The van der Waals surface area contributed by atoms with E-state index < -0.39 is 5.60 Å². The van der Waals surface area contributed by atoms with Gasteiger partial charge < -0.3 is 25.0 Å². The Bertz CT molecular complexity index is 416. The first kappa shape index (κ1) is 14.1. The molecule has 19 heavy (non-hydrogen) atoms. The molecule has 1 fully saturated rings. The lowest BCUT2D eigenvalue weighted by atomic mass is 9.94. The van der Waals surface area contributed by atoms with Crippen molar-refractivity contribution in [1.82, 2.24) is 5.32 Å². The van der Waals surface area contributed by atoms with Crippen LogP contribution in [0.3, 0.4) is 0 Å². The number of aliphatic hydroxyl groups is 1. The molecule has 0 aromatic heterocycles. The first-order valence-electron chi connectivity index (χ1n) is 6.50. The minimum atomic E-state index is -0.667. The summed E-state index contributed by atoms with van der Waals surface area (Å²) in [6.45, 7) is 2.40. The first-order chi connectivity index (χ1) is 9.13. The third-order valence-electron chi connectivity index (χ3n) is 3.45. The van der Waals surface area contributed by atoms with Crippen molar-refractivity contribution in [3.63, 3.8) is 0 Å². The van der Waals surface area contributed by atoms with Gasteiger partial charge in [-0.3, -0.25) is 0 Å². The number of rotatable bonds is 5. The maximum absolute atomic E-state index is 10.3. The van der Waals surface area contributed by atoms with Crippen LogP contribution in [0, 0.1) is 0 Å². The van der Waals surface area contributed by atoms with Crippen LogP contribution in [-0.2, 0) is 11.3 Å². The zero-order chi connectivity index (χ0) is 13.7. The molecular formula is C14H21NO4. The molecule has 1 aliphatic rings. The van der Waals surface area contributed by atoms with Crippen molar-refractivity contribution in [2.24, 2.45) is 0 Å². The highest BCUT2D eigenvalue weighted by atomic mass is 16.5. The summed E-state index contributed by atoms with van der Waals surface area (Å²) in [4.78, 5) is 0. The Morgan fingerprint density at radius 3 is 2.79 bits per heavy atom. The second-order valence-corrected chi connectivity index (χ2v) is 4.95. The fourth-order valence-electron chi connectivity index (χ4n) is 2.20. The van der Waals surface area contributed by atoms with Crippen LogP contribution in [0.5, 0.6) is 11.5 Å². The summed E-state index contributed by atoms with van der Waals surface area (Å²) in [5, 5.41) is 23.0. The van der Waals surface area contributed by atoms with E-state index in [0.717, 1.165) is 5.56 Å². The molecule has 0 saturated carbocycles. The van der Waals surface area contributed by atoms with E-state index in [9.17, 15) is 10.2 Å². The SMILES string of the molecule is COc1cc(CNCC2(O)CCOCC2)ccc1O. The summed E-state index contributed by atoms with van der Waals surface area (Å²) in [5.41, 5.74) is 0.338. The number of hydrogen-bond acceptors (Lipinski definition) is 5. The summed E-state index contributed by atoms with van der Waals surface area (Å²) in [7, 11) is 1.52. The van der Waals surface area contributed by atoms with E-state index in [1.54, 1.807) is 12.1 Å². The second kappa shape index (κ2) is 6.23. The lowest BCUT2D eigenvalue weighted by molar-refractivity contribution is -0.0617. The van der Waals surface area contributed by atoms with Gasteiger partial charge in [-0.1, -0.05) is 6.07 Å². The Hall–Kier alpha value is -1.30. The topological polar surface area (TPSA) is 71.0 Å². The van der Waals surface area contributed by atoms with Crippen LogP contribution in [0.25, 0.3) is 0 Å². The van der Waals surface area contributed by atoms with Crippen molar-refractivity contribution in [2.75, 3.05) is 26.9 Å². The second-order valence-electron chi connectivity index (χ2n) is 4.95. The molecule has 0 amide bonds. The standard InChI is InChI=1S/C14H21NO4/c1-18-13-8-11(2-3-12(13)16)9-15-10-14(17)4-6-19-7-5-14/h2-3,8,15-17H,4-7,9-10H2,1H3. The summed E-state index contributed by atoms with van der Waals surface area (Å²) in [5.74, 6) is 0.596. The van der Waals surface area contributed by atoms with Crippen LogP contribution in [0.1, 0.15) is 18.4 Å². The molecule has 1 saturated heterocycles. The van der Waals surface area contributed by atoms with Crippen LogP contribution in [0.2, 0.25) is 0 Å². The molecule has 3 N–H and O–H groups in total. The van der Waals surface area contributed by atoms with Crippen molar-refractivity contribution < 1.29 is 19.7 Å². The quantitative estimate of drug-likeness (QED) is 0.743. The highest BCUT2D eigenvalue weighted by molar-refractivity contribution is 5.41. The van der Waals surface area contributed by atoms with Crippen LogP contribution in [0.15, 0.2) is 18.2 Å².